The summed E-state index contributed by atoms with van der Waals surface area (Å²) in [5.41, 5.74) is 1.54. The number of carbonyl (C=O) groups is 1. The molecule has 0 N–H and O–H groups in total. The highest BCUT2D eigenvalue weighted by molar-refractivity contribution is 5.83. The molecule has 34 heavy (non-hydrogen) atoms. The fourth-order valence-electron chi connectivity index (χ4n) is 6.12. The fraction of sp³-hybridized carbons (Fsp3) is 0.444. The SMILES string of the molecule is CC(C(=O)Cc1ccc(C(F)(F)F)cn1)C1C[C@H]2CC(c3ccnc4ccc(F)cc34)C[C@H]2C1. The second-order valence-corrected chi connectivity index (χ2v) is 9.95. The highest BCUT2D eigenvalue weighted by Gasteiger charge is 2.44. The van der Waals surface area contributed by atoms with E-state index in [9.17, 15) is 22.4 Å². The first-order valence-corrected chi connectivity index (χ1v) is 11.8. The molecule has 0 aliphatic heterocycles. The van der Waals surface area contributed by atoms with E-state index >= 15 is 0 Å². The van der Waals surface area contributed by atoms with Crippen molar-refractivity contribution in [1.29, 1.82) is 0 Å². The van der Waals surface area contributed by atoms with Gasteiger partial charge in [0.05, 0.1) is 11.1 Å². The quantitative estimate of drug-likeness (QED) is 0.387. The van der Waals surface area contributed by atoms with Crippen LogP contribution in [0.15, 0.2) is 48.8 Å². The van der Waals surface area contributed by atoms with Gasteiger partial charge in [0.25, 0.3) is 0 Å². The van der Waals surface area contributed by atoms with Gasteiger partial charge in [-0.2, -0.15) is 13.2 Å². The summed E-state index contributed by atoms with van der Waals surface area (Å²) in [6.07, 6.45) is 2.22. The molecule has 2 aliphatic rings. The molecule has 2 aromatic heterocycles. The van der Waals surface area contributed by atoms with Crippen molar-refractivity contribution in [3.63, 3.8) is 0 Å². The van der Waals surface area contributed by atoms with E-state index in [1.807, 2.05) is 13.0 Å². The molecule has 0 saturated heterocycles. The number of benzene rings is 1. The zero-order valence-electron chi connectivity index (χ0n) is 18.9. The average molecular weight is 471 g/mol. The van der Waals surface area contributed by atoms with Gasteiger partial charge in [-0.05, 0) is 91.3 Å². The maximum atomic E-state index is 13.9. The van der Waals surface area contributed by atoms with Crippen LogP contribution in [0.4, 0.5) is 17.6 Å². The topological polar surface area (TPSA) is 42.9 Å². The Labute approximate surface area is 195 Å². The van der Waals surface area contributed by atoms with Crippen molar-refractivity contribution >= 4 is 16.7 Å². The summed E-state index contributed by atoms with van der Waals surface area (Å²) < 4.78 is 52.1. The molecule has 1 aromatic carbocycles. The summed E-state index contributed by atoms with van der Waals surface area (Å²) >= 11 is 0. The van der Waals surface area contributed by atoms with Gasteiger partial charge in [-0.25, -0.2) is 4.39 Å². The molecule has 7 heteroatoms. The summed E-state index contributed by atoms with van der Waals surface area (Å²) in [5.74, 6) is 1.34. The van der Waals surface area contributed by atoms with Crippen molar-refractivity contribution in [2.45, 2.75) is 51.1 Å². The third-order valence-electron chi connectivity index (χ3n) is 7.95. The van der Waals surface area contributed by atoms with Gasteiger partial charge in [0.1, 0.15) is 11.6 Å². The van der Waals surface area contributed by atoms with Gasteiger partial charge in [0, 0.05) is 35.8 Å². The molecule has 0 amide bonds. The molecular weight excluding hydrogens is 444 g/mol. The lowest BCUT2D eigenvalue weighted by Crippen LogP contribution is -2.22. The van der Waals surface area contributed by atoms with E-state index in [0.29, 0.717) is 23.4 Å². The maximum Gasteiger partial charge on any atom is 0.417 e. The molecule has 3 nitrogen and oxygen atoms in total. The Kier molecular flexibility index (Phi) is 5.90. The monoisotopic (exact) mass is 470 g/mol. The number of hydrogen-bond acceptors (Lipinski definition) is 3. The van der Waals surface area contributed by atoms with Crippen LogP contribution in [0, 0.1) is 29.5 Å². The largest absolute Gasteiger partial charge is 0.417 e. The number of nitrogens with zero attached hydrogens (tertiary/aromatic N) is 2. The third kappa shape index (κ3) is 4.44. The molecule has 0 spiro atoms. The van der Waals surface area contributed by atoms with Crippen LogP contribution in [0.3, 0.4) is 0 Å². The fourth-order valence-corrected chi connectivity index (χ4v) is 6.12. The minimum atomic E-state index is -4.43. The first-order valence-electron chi connectivity index (χ1n) is 11.8. The molecular formula is C27H26F4N2O. The van der Waals surface area contributed by atoms with Crippen LogP contribution in [0.2, 0.25) is 0 Å². The second kappa shape index (κ2) is 8.75. The second-order valence-electron chi connectivity index (χ2n) is 9.95. The lowest BCUT2D eigenvalue weighted by Gasteiger charge is -2.21. The Hall–Kier alpha value is -2.83. The van der Waals surface area contributed by atoms with E-state index < -0.39 is 11.7 Å². The van der Waals surface area contributed by atoms with Crippen LogP contribution in [-0.2, 0) is 17.4 Å². The van der Waals surface area contributed by atoms with Gasteiger partial charge in [-0.1, -0.05) is 6.92 Å². The number of halogens is 4. The molecule has 2 heterocycles. The zero-order chi connectivity index (χ0) is 24.0. The minimum Gasteiger partial charge on any atom is -0.299 e. The molecule has 2 aliphatic carbocycles. The van der Waals surface area contributed by atoms with Gasteiger partial charge in [0.15, 0.2) is 0 Å². The number of ketones is 1. The number of alkyl halides is 3. The van der Waals surface area contributed by atoms with Crippen LogP contribution in [-0.4, -0.2) is 15.8 Å². The van der Waals surface area contributed by atoms with Crippen LogP contribution >= 0.6 is 0 Å². The number of rotatable bonds is 5. The van der Waals surface area contributed by atoms with Crippen molar-refractivity contribution in [3.8, 4) is 0 Å². The first kappa shape index (κ1) is 22.9. The van der Waals surface area contributed by atoms with E-state index in [4.69, 9.17) is 0 Å². The normalized spacial score (nSPS) is 25.4. The van der Waals surface area contributed by atoms with Crippen LogP contribution in [0.1, 0.15) is 55.3 Å². The lowest BCUT2D eigenvalue weighted by atomic mass is 9.83. The Morgan fingerprint density at radius 2 is 1.76 bits per heavy atom. The Morgan fingerprint density at radius 3 is 2.41 bits per heavy atom. The minimum absolute atomic E-state index is 0.0318. The van der Waals surface area contributed by atoms with Gasteiger partial charge in [0.2, 0.25) is 0 Å². The van der Waals surface area contributed by atoms with Crippen molar-refractivity contribution in [2.75, 3.05) is 0 Å². The highest BCUT2D eigenvalue weighted by atomic mass is 19.4. The molecule has 2 fully saturated rings. The summed E-state index contributed by atoms with van der Waals surface area (Å²) in [4.78, 5) is 21.1. The van der Waals surface area contributed by atoms with Crippen LogP contribution in [0.5, 0.6) is 0 Å². The number of fused-ring (bicyclic) bond motifs is 2. The number of pyridine rings is 2. The third-order valence-corrected chi connectivity index (χ3v) is 7.95. The average Bonchev–Trinajstić information content (AvgIpc) is 3.37. The van der Waals surface area contributed by atoms with Gasteiger partial charge >= 0.3 is 6.18 Å². The summed E-state index contributed by atoms with van der Waals surface area (Å²) in [5, 5.41) is 0.886. The Morgan fingerprint density at radius 1 is 1.03 bits per heavy atom. The summed E-state index contributed by atoms with van der Waals surface area (Å²) in [6, 6.07) is 9.02. The molecule has 3 aromatic rings. The maximum absolute atomic E-state index is 13.9. The zero-order valence-corrected chi connectivity index (χ0v) is 18.9. The molecule has 5 atom stereocenters. The van der Waals surface area contributed by atoms with Gasteiger partial charge < -0.3 is 0 Å². The van der Waals surface area contributed by atoms with Crippen molar-refractivity contribution < 1.29 is 22.4 Å². The van der Waals surface area contributed by atoms with E-state index in [1.54, 1.807) is 18.3 Å². The Bertz CT molecular complexity index is 1190. The van der Waals surface area contributed by atoms with E-state index in [-0.39, 0.29) is 29.9 Å². The number of hydrogen-bond donors (Lipinski definition) is 0. The van der Waals surface area contributed by atoms with Crippen molar-refractivity contribution in [1.82, 2.24) is 9.97 Å². The first-order chi connectivity index (χ1) is 16.2. The lowest BCUT2D eigenvalue weighted by molar-refractivity contribution is -0.137. The smallest absolute Gasteiger partial charge is 0.299 e. The number of carbonyl (C=O) groups excluding carboxylic acids is 1. The number of Topliss-reactive ketones (excluding diaryl/α,β-unsaturated/α-hetero) is 1. The molecule has 178 valence electrons. The molecule has 3 unspecified atom stereocenters. The van der Waals surface area contributed by atoms with Crippen molar-refractivity contribution in [2.24, 2.45) is 23.7 Å². The molecule has 2 saturated carbocycles. The van der Waals surface area contributed by atoms with Crippen LogP contribution < -0.4 is 0 Å². The van der Waals surface area contributed by atoms with E-state index in [0.717, 1.165) is 54.4 Å². The predicted molar refractivity (Wildman–Crippen MR) is 120 cm³/mol. The van der Waals surface area contributed by atoms with E-state index in [2.05, 4.69) is 9.97 Å². The highest BCUT2D eigenvalue weighted by Crippen LogP contribution is 2.54. The Balaban J connectivity index is 1.21. The standard InChI is InChI=1S/C27H26F4N2O/c1-15(26(34)13-22-4-2-20(14-33-22)27(29,30)31)16-8-17-10-19(11-18(17)9-16)23-6-7-32-25-5-3-21(28)12-24(23)25/h2-7,12,14-19H,8-11,13H2,1H3/t15?,16?,17-,18+,19?. The molecule has 5 rings (SSSR count). The van der Waals surface area contributed by atoms with Gasteiger partial charge in [-0.3, -0.25) is 14.8 Å². The number of aromatic nitrogens is 2. The van der Waals surface area contributed by atoms with Crippen LogP contribution in [0.25, 0.3) is 10.9 Å². The summed E-state index contributed by atoms with van der Waals surface area (Å²) in [7, 11) is 0. The van der Waals surface area contributed by atoms with Crippen molar-refractivity contribution in [3.05, 3.63) is 71.4 Å². The summed E-state index contributed by atoms with van der Waals surface area (Å²) in [6.45, 7) is 1.94. The van der Waals surface area contributed by atoms with Gasteiger partial charge in [-0.15, -0.1) is 0 Å². The van der Waals surface area contributed by atoms with E-state index in [1.165, 1.54) is 12.1 Å². The molecule has 0 bridgehead atoms. The predicted octanol–water partition coefficient (Wildman–Crippen LogP) is 6.76. The molecule has 0 radical (unpaired) electrons.